The summed E-state index contributed by atoms with van der Waals surface area (Å²) in [5, 5.41) is 5.39. The maximum atomic E-state index is 14.0. The zero-order chi connectivity index (χ0) is 24.0. The fourth-order valence-electron chi connectivity index (χ4n) is 4.31. The summed E-state index contributed by atoms with van der Waals surface area (Å²) >= 11 is 0. The molecule has 0 spiro atoms. The van der Waals surface area contributed by atoms with Crippen molar-refractivity contribution in [3.63, 3.8) is 0 Å². The maximum Gasteiger partial charge on any atom is 0.257 e. The first-order valence-corrected chi connectivity index (χ1v) is 11.6. The number of hydrogen-bond donors (Lipinski definition) is 2. The third kappa shape index (κ3) is 6.60. The molecule has 0 saturated carbocycles. The van der Waals surface area contributed by atoms with Gasteiger partial charge in [0.1, 0.15) is 23.2 Å². The van der Waals surface area contributed by atoms with Gasteiger partial charge in [-0.05, 0) is 54.5 Å². The number of likely N-dealkylation sites (tertiary alicyclic amines) is 1. The van der Waals surface area contributed by atoms with Crippen LogP contribution in [-0.4, -0.2) is 35.8 Å². The molecule has 2 N–H and O–H groups in total. The van der Waals surface area contributed by atoms with Gasteiger partial charge in [0.25, 0.3) is 5.91 Å². The largest absolute Gasteiger partial charge is 0.350 e. The summed E-state index contributed by atoms with van der Waals surface area (Å²) < 4.78 is 28.0. The Bertz CT molecular complexity index is 960. The van der Waals surface area contributed by atoms with E-state index >= 15 is 0 Å². The van der Waals surface area contributed by atoms with Gasteiger partial charge in [-0.15, -0.1) is 0 Å². The molecule has 0 radical (unpaired) electrons. The van der Waals surface area contributed by atoms with Crippen LogP contribution < -0.4 is 10.6 Å². The topological polar surface area (TPSA) is 61.4 Å². The predicted molar refractivity (Wildman–Crippen MR) is 124 cm³/mol. The van der Waals surface area contributed by atoms with Crippen molar-refractivity contribution in [2.24, 2.45) is 11.8 Å². The molecule has 1 saturated heterocycles. The Hall–Kier alpha value is -2.80. The fourth-order valence-corrected chi connectivity index (χ4v) is 4.31. The smallest absolute Gasteiger partial charge is 0.257 e. The number of amides is 2. The normalized spacial score (nSPS) is 17.6. The van der Waals surface area contributed by atoms with Gasteiger partial charge in [-0.3, -0.25) is 14.5 Å². The number of rotatable bonds is 8. The van der Waals surface area contributed by atoms with Crippen molar-refractivity contribution in [3.05, 3.63) is 70.8 Å². The number of carbonyl (C=O) groups is 2. The van der Waals surface area contributed by atoms with Crippen LogP contribution in [0.25, 0.3) is 0 Å². The number of nitrogens with one attached hydrogen (secondary N) is 2. The first-order chi connectivity index (χ1) is 15.8. The fraction of sp³-hybridized carbons (Fsp3) is 0.462. The van der Waals surface area contributed by atoms with Crippen LogP contribution >= 0.6 is 0 Å². The molecule has 1 aliphatic rings. The molecule has 33 heavy (non-hydrogen) atoms. The molecule has 1 aliphatic heterocycles. The van der Waals surface area contributed by atoms with Gasteiger partial charge in [0, 0.05) is 19.6 Å². The Labute approximate surface area is 194 Å². The Morgan fingerprint density at radius 1 is 1.06 bits per heavy atom. The van der Waals surface area contributed by atoms with Crippen LogP contribution in [0.4, 0.5) is 8.78 Å². The lowest BCUT2D eigenvalue weighted by molar-refractivity contribution is -0.124. The van der Waals surface area contributed by atoms with Crippen molar-refractivity contribution >= 4 is 11.8 Å². The number of benzene rings is 2. The molecule has 2 atom stereocenters. The minimum Gasteiger partial charge on any atom is -0.350 e. The Morgan fingerprint density at radius 3 is 2.36 bits per heavy atom. The third-order valence-electron chi connectivity index (χ3n) is 6.13. The standard InChI is InChI=1S/C26H33F2N3O2/c1-17(2)24(30-25(32)23-21(27)11-6-12-22(23)28)26(33)29-14-19-9-4-5-10-20(19)16-31-13-7-8-18(3)15-31/h4-6,9-12,17-18,24H,7-8,13-16H2,1-3H3,(H,29,33)(H,30,32)/t18?,24-/m0/s1. The molecule has 0 aromatic heterocycles. The van der Waals surface area contributed by atoms with Gasteiger partial charge in [0.05, 0.1) is 0 Å². The van der Waals surface area contributed by atoms with Gasteiger partial charge in [-0.25, -0.2) is 8.78 Å². The van der Waals surface area contributed by atoms with Gasteiger partial charge in [0.2, 0.25) is 5.91 Å². The van der Waals surface area contributed by atoms with Crippen LogP contribution in [0.1, 0.15) is 55.1 Å². The van der Waals surface area contributed by atoms with Crippen molar-refractivity contribution < 1.29 is 18.4 Å². The van der Waals surface area contributed by atoms with Crippen molar-refractivity contribution in [2.45, 2.75) is 52.7 Å². The van der Waals surface area contributed by atoms with E-state index in [0.717, 1.165) is 42.9 Å². The number of carbonyl (C=O) groups excluding carboxylic acids is 2. The molecule has 0 bridgehead atoms. The first-order valence-electron chi connectivity index (χ1n) is 11.6. The van der Waals surface area contributed by atoms with E-state index in [1.54, 1.807) is 13.8 Å². The van der Waals surface area contributed by atoms with Crippen molar-refractivity contribution in [2.75, 3.05) is 13.1 Å². The monoisotopic (exact) mass is 457 g/mol. The lowest BCUT2D eigenvalue weighted by Gasteiger charge is -2.31. The summed E-state index contributed by atoms with van der Waals surface area (Å²) in [6.07, 6.45) is 2.45. The van der Waals surface area contributed by atoms with E-state index in [0.29, 0.717) is 12.5 Å². The van der Waals surface area contributed by atoms with Crippen LogP contribution in [0.2, 0.25) is 0 Å². The summed E-state index contributed by atoms with van der Waals surface area (Å²) in [5.74, 6) is -2.85. The highest BCUT2D eigenvalue weighted by Gasteiger charge is 2.27. The second kappa shape index (κ2) is 11.4. The van der Waals surface area contributed by atoms with E-state index in [9.17, 15) is 18.4 Å². The lowest BCUT2D eigenvalue weighted by Crippen LogP contribution is -2.49. The van der Waals surface area contributed by atoms with Gasteiger partial charge >= 0.3 is 0 Å². The second-order valence-electron chi connectivity index (χ2n) is 9.26. The Morgan fingerprint density at radius 2 is 1.73 bits per heavy atom. The summed E-state index contributed by atoms with van der Waals surface area (Å²) in [5.41, 5.74) is 1.49. The molecule has 0 aliphatic carbocycles. The highest BCUT2D eigenvalue weighted by Crippen LogP contribution is 2.20. The summed E-state index contributed by atoms with van der Waals surface area (Å²) in [7, 11) is 0. The molecule has 1 heterocycles. The SMILES string of the molecule is CC1CCCN(Cc2ccccc2CNC(=O)[C@@H](NC(=O)c2c(F)cccc2F)C(C)C)C1. The highest BCUT2D eigenvalue weighted by molar-refractivity contribution is 5.98. The van der Waals surface area contributed by atoms with Gasteiger partial charge in [-0.1, -0.05) is 51.1 Å². The van der Waals surface area contributed by atoms with Crippen LogP contribution in [0, 0.1) is 23.5 Å². The Kier molecular flexibility index (Phi) is 8.55. The van der Waals surface area contributed by atoms with E-state index in [-0.39, 0.29) is 5.92 Å². The van der Waals surface area contributed by atoms with Crippen molar-refractivity contribution in [3.8, 4) is 0 Å². The average molecular weight is 458 g/mol. The van der Waals surface area contributed by atoms with Crippen LogP contribution in [-0.2, 0) is 17.9 Å². The van der Waals surface area contributed by atoms with E-state index in [1.165, 1.54) is 18.9 Å². The molecular formula is C26H33F2N3O2. The second-order valence-corrected chi connectivity index (χ2v) is 9.26. The Balaban J connectivity index is 1.65. The lowest BCUT2D eigenvalue weighted by atomic mass is 9.98. The van der Waals surface area contributed by atoms with Gasteiger partial charge < -0.3 is 10.6 Å². The minimum atomic E-state index is -0.962. The molecule has 5 nitrogen and oxygen atoms in total. The average Bonchev–Trinajstić information content (AvgIpc) is 2.76. The molecule has 178 valence electrons. The summed E-state index contributed by atoms with van der Waals surface area (Å²) in [4.78, 5) is 27.9. The molecule has 1 fully saturated rings. The van der Waals surface area contributed by atoms with E-state index in [1.807, 2.05) is 18.2 Å². The van der Waals surface area contributed by atoms with Gasteiger partial charge in [0.15, 0.2) is 0 Å². The molecule has 2 amide bonds. The number of hydrogen-bond acceptors (Lipinski definition) is 3. The quantitative estimate of drug-likeness (QED) is 0.623. The third-order valence-corrected chi connectivity index (χ3v) is 6.13. The zero-order valence-electron chi connectivity index (χ0n) is 19.5. The van der Waals surface area contributed by atoms with Crippen LogP contribution in [0.15, 0.2) is 42.5 Å². The van der Waals surface area contributed by atoms with Crippen LogP contribution in [0.3, 0.4) is 0 Å². The molecule has 3 rings (SSSR count). The number of piperidine rings is 1. The van der Waals surface area contributed by atoms with Gasteiger partial charge in [-0.2, -0.15) is 0 Å². The predicted octanol–water partition coefficient (Wildman–Crippen LogP) is 4.27. The molecule has 2 aromatic rings. The molecule has 7 heteroatoms. The molecule has 1 unspecified atom stereocenters. The van der Waals surface area contributed by atoms with E-state index < -0.39 is 35.1 Å². The maximum absolute atomic E-state index is 14.0. The zero-order valence-corrected chi connectivity index (χ0v) is 19.5. The van der Waals surface area contributed by atoms with Crippen molar-refractivity contribution in [1.29, 1.82) is 0 Å². The number of nitrogens with zero attached hydrogens (tertiary/aromatic N) is 1. The van der Waals surface area contributed by atoms with Crippen LogP contribution in [0.5, 0.6) is 0 Å². The first kappa shape index (κ1) is 24.8. The molecule has 2 aromatic carbocycles. The number of halogens is 2. The summed E-state index contributed by atoms with van der Waals surface area (Å²) in [6.45, 7) is 9.08. The van der Waals surface area contributed by atoms with Crippen molar-refractivity contribution in [1.82, 2.24) is 15.5 Å². The highest BCUT2D eigenvalue weighted by atomic mass is 19.1. The summed E-state index contributed by atoms with van der Waals surface area (Å²) in [6, 6.07) is 10.3. The minimum absolute atomic E-state index is 0.270. The van der Waals surface area contributed by atoms with E-state index in [4.69, 9.17) is 0 Å². The molecular weight excluding hydrogens is 424 g/mol. The van der Waals surface area contributed by atoms with E-state index in [2.05, 4.69) is 28.5 Å².